The van der Waals surface area contributed by atoms with Crippen LogP contribution in [0.1, 0.15) is 29.7 Å². The first-order chi connectivity index (χ1) is 7.43. The highest BCUT2D eigenvalue weighted by Crippen LogP contribution is 2.12. The smallest absolute Gasteiger partial charge is 0.345 e. The van der Waals surface area contributed by atoms with Gasteiger partial charge in [-0.05, 0) is 14.1 Å². The second kappa shape index (κ2) is 25.8. The Labute approximate surface area is 169 Å². The van der Waals surface area contributed by atoms with Crippen LogP contribution >= 0.6 is 24.0 Å². The molecule has 0 unspecified atom stereocenters. The van der Waals surface area contributed by atoms with E-state index in [1.54, 1.807) is 0 Å². The summed E-state index contributed by atoms with van der Waals surface area (Å²) in [4.78, 5) is 6.27. The quantitative estimate of drug-likeness (QED) is 0.264. The van der Waals surface area contributed by atoms with Crippen LogP contribution in [0, 0.1) is 0 Å². The zero-order chi connectivity index (χ0) is 12.3. The molecule has 0 amide bonds. The molecule has 2 rings (SSSR count). The Morgan fingerprint density at radius 2 is 1.24 bits per heavy atom. The highest BCUT2D eigenvalue weighted by atomic mass is 35.5. The molecule has 0 spiro atoms. The van der Waals surface area contributed by atoms with Crippen molar-refractivity contribution >= 4 is 30.0 Å². The first-order valence-electron chi connectivity index (χ1n) is 5.52. The predicted octanol–water partition coefficient (Wildman–Crippen LogP) is 1.90. The van der Waals surface area contributed by atoms with Crippen molar-refractivity contribution in [1.29, 1.82) is 0 Å². The van der Waals surface area contributed by atoms with E-state index in [-0.39, 0.29) is 71.7 Å². The zero-order valence-corrected chi connectivity index (χ0v) is 15.3. The van der Waals surface area contributed by atoms with Crippen molar-refractivity contribution in [3.05, 3.63) is 0 Å². The number of nitrogens with zero attached hydrogens (tertiary/aromatic N) is 4. The molecule has 0 aromatic heterocycles. The molecule has 13 N–H and O–H groups in total. The summed E-state index contributed by atoms with van der Waals surface area (Å²) in [6.07, 6.45) is 0. The number of nitrogens with two attached hydrogens (primary N) is 1. The van der Waals surface area contributed by atoms with Crippen molar-refractivity contribution in [3.8, 4) is 0 Å². The minimum absolute atomic E-state index is 0. The van der Waals surface area contributed by atoms with Gasteiger partial charge in [0.15, 0.2) is 0 Å². The van der Waals surface area contributed by atoms with Gasteiger partial charge >= 0.3 is 5.96 Å². The highest BCUT2D eigenvalue weighted by molar-refractivity contribution is 6.20. The number of rotatable bonds is 0. The number of hydrogen-bond acceptors (Lipinski definition) is 7. The van der Waals surface area contributed by atoms with E-state index in [0.717, 1.165) is 32.1 Å². The minimum atomic E-state index is 0. The van der Waals surface area contributed by atoms with Crippen LogP contribution in [0.3, 0.4) is 0 Å². The molecular formula is C14H51Cl2N8O+. The summed E-state index contributed by atoms with van der Waals surface area (Å²) in [5.74, 6) is 0.880. The lowest BCUT2D eigenvalue weighted by Crippen LogP contribution is -2.32. The molecular weight excluding hydrogens is 367 g/mol. The molecule has 0 saturated carbocycles. The van der Waals surface area contributed by atoms with Crippen LogP contribution in [0.5, 0.6) is 0 Å². The van der Waals surface area contributed by atoms with Crippen LogP contribution in [0.15, 0.2) is 0 Å². The third-order valence-electron chi connectivity index (χ3n) is 3.09. The van der Waals surface area contributed by atoms with Gasteiger partial charge in [0.1, 0.15) is 5.62 Å². The molecule has 2 heterocycles. The van der Waals surface area contributed by atoms with Crippen LogP contribution < -0.4 is 24.2 Å². The molecule has 11 heteroatoms. The molecule has 0 aromatic rings. The summed E-state index contributed by atoms with van der Waals surface area (Å²) < 4.78 is 2.04. The summed E-state index contributed by atoms with van der Waals surface area (Å²) in [7, 11) is 8.06. The van der Waals surface area contributed by atoms with Crippen molar-refractivity contribution in [2.24, 2.45) is 5.73 Å². The summed E-state index contributed by atoms with van der Waals surface area (Å²) >= 11 is 5.86. The summed E-state index contributed by atoms with van der Waals surface area (Å²) in [6, 6.07) is 0. The van der Waals surface area contributed by atoms with E-state index in [0.29, 0.717) is 0 Å². The summed E-state index contributed by atoms with van der Waals surface area (Å²) in [5, 5.41) is 0. The Morgan fingerprint density at radius 3 is 1.32 bits per heavy atom. The number of halogens is 2. The Hall–Kier alpha value is -0.390. The standard InChI is InChI=1S/C5H11ClN2.C5H11N3.4CH4.ClH.3H3N.H2O/c2*1-7-3-4-8(2)5(7)6;;;;;;;;;/h5H,3-4H2,1-2H3;6H,3-4H2,1-2H3;4*1H4;1H;3*1H3;1H2/p+1. The van der Waals surface area contributed by atoms with Gasteiger partial charge in [-0.25, -0.2) is 0 Å². The van der Waals surface area contributed by atoms with Gasteiger partial charge in [-0.2, -0.15) is 0 Å². The van der Waals surface area contributed by atoms with E-state index in [4.69, 9.17) is 17.3 Å². The van der Waals surface area contributed by atoms with E-state index in [1.807, 2.05) is 37.7 Å². The van der Waals surface area contributed by atoms with Gasteiger partial charge in [-0.3, -0.25) is 25.0 Å². The number of guanidine groups is 1. The van der Waals surface area contributed by atoms with E-state index in [2.05, 4.69) is 9.80 Å². The second-order valence-electron chi connectivity index (χ2n) is 4.47. The van der Waals surface area contributed by atoms with Crippen molar-refractivity contribution < 1.29 is 10.1 Å². The van der Waals surface area contributed by atoms with E-state index in [9.17, 15) is 0 Å². The lowest BCUT2D eigenvalue weighted by atomic mass is 10.6. The molecule has 2 aliphatic rings. The highest BCUT2D eigenvalue weighted by Gasteiger charge is 2.22. The number of likely N-dealkylation sites (N-methyl/N-ethyl adjacent to an activating group) is 4. The van der Waals surface area contributed by atoms with Crippen molar-refractivity contribution in [1.82, 2.24) is 33.2 Å². The number of alkyl halides is 1. The van der Waals surface area contributed by atoms with Gasteiger partial charge in [0.2, 0.25) is 0 Å². The summed E-state index contributed by atoms with van der Waals surface area (Å²) in [5.41, 5.74) is 5.71. The van der Waals surface area contributed by atoms with Crippen molar-refractivity contribution in [3.63, 3.8) is 0 Å². The fourth-order valence-corrected chi connectivity index (χ4v) is 1.88. The maximum absolute atomic E-state index is 5.86. The molecule has 0 aliphatic carbocycles. The van der Waals surface area contributed by atoms with Gasteiger partial charge in [0.05, 0.1) is 27.2 Å². The molecule has 1 fully saturated rings. The third-order valence-corrected chi connectivity index (χ3v) is 3.75. The van der Waals surface area contributed by atoms with Crippen LogP contribution in [0.4, 0.5) is 0 Å². The van der Waals surface area contributed by atoms with Crippen LogP contribution in [0.25, 0.3) is 0 Å². The maximum atomic E-state index is 5.86. The van der Waals surface area contributed by atoms with Crippen LogP contribution in [0.2, 0.25) is 0 Å². The number of hydrogen-bond donors (Lipinski definition) is 4. The first-order valence-corrected chi connectivity index (χ1v) is 5.96. The van der Waals surface area contributed by atoms with Gasteiger partial charge < -0.3 is 23.9 Å². The zero-order valence-electron chi connectivity index (χ0n) is 13.7. The van der Waals surface area contributed by atoms with Gasteiger partial charge in [0, 0.05) is 13.1 Å². The molecule has 1 saturated heterocycles. The average Bonchev–Trinajstić information content (AvgIpc) is 2.70. The van der Waals surface area contributed by atoms with E-state index in [1.165, 1.54) is 0 Å². The monoisotopic (exact) mass is 417 g/mol. The summed E-state index contributed by atoms with van der Waals surface area (Å²) in [6.45, 7) is 4.29. The SMILES string of the molecule is C.C.C.C.CN1CCN(C)C1Cl.CN1CC[N+](C)=C1N.Cl.N.N.N.O. The average molecular weight is 419 g/mol. The largest absolute Gasteiger partial charge is 0.412 e. The van der Waals surface area contributed by atoms with E-state index < -0.39 is 0 Å². The Morgan fingerprint density at radius 1 is 0.920 bits per heavy atom. The third kappa shape index (κ3) is 16.8. The Bertz CT molecular complexity index is 276. The fourth-order valence-electron chi connectivity index (χ4n) is 1.69. The van der Waals surface area contributed by atoms with Crippen molar-refractivity contribution in [2.45, 2.75) is 35.3 Å². The Balaban J connectivity index is -0.0000000215. The van der Waals surface area contributed by atoms with Crippen LogP contribution in [-0.2, 0) is 0 Å². The fraction of sp³-hybridized carbons (Fsp3) is 0.929. The molecule has 0 aromatic carbocycles. The van der Waals surface area contributed by atoms with Gasteiger partial charge in [-0.1, -0.05) is 41.3 Å². The molecule has 0 radical (unpaired) electrons. The molecule has 25 heavy (non-hydrogen) atoms. The molecule has 0 bridgehead atoms. The maximum Gasteiger partial charge on any atom is 0.345 e. The topological polar surface area (TPSA) is 175 Å². The molecule has 0 atom stereocenters. The normalized spacial score (nSPS) is 15.3. The molecule has 9 nitrogen and oxygen atoms in total. The second-order valence-corrected chi connectivity index (χ2v) is 4.86. The lowest BCUT2D eigenvalue weighted by Gasteiger charge is -2.16. The van der Waals surface area contributed by atoms with Gasteiger partial charge in [0.25, 0.3) is 0 Å². The molecule has 2 aliphatic heterocycles. The lowest BCUT2D eigenvalue weighted by molar-refractivity contribution is -0.487. The Kier molecular flexibility index (Phi) is 58.2. The first kappa shape index (κ1) is 56.3. The predicted molar refractivity (Wildman–Crippen MR) is 121 cm³/mol. The van der Waals surface area contributed by atoms with Gasteiger partial charge in [-0.15, -0.1) is 12.4 Å². The minimum Gasteiger partial charge on any atom is -0.412 e. The van der Waals surface area contributed by atoms with E-state index >= 15 is 0 Å². The van der Waals surface area contributed by atoms with Crippen molar-refractivity contribution in [2.75, 3.05) is 54.4 Å². The molecule has 166 valence electrons. The van der Waals surface area contributed by atoms with Crippen LogP contribution in [-0.4, -0.2) is 90.7 Å².